The van der Waals surface area contributed by atoms with Crippen LogP contribution in [0, 0.1) is 5.92 Å². The van der Waals surface area contributed by atoms with E-state index in [4.69, 9.17) is 14.2 Å². The molecule has 1 aliphatic rings. The van der Waals surface area contributed by atoms with Gasteiger partial charge >= 0.3 is 0 Å². The maximum Gasteiger partial charge on any atom is 0.191 e. The summed E-state index contributed by atoms with van der Waals surface area (Å²) in [4.78, 5) is 6.88. The maximum absolute atomic E-state index is 5.49. The van der Waals surface area contributed by atoms with Crippen LogP contribution >= 0.6 is 24.0 Å². The summed E-state index contributed by atoms with van der Waals surface area (Å²) in [7, 11) is 5.17. The lowest BCUT2D eigenvalue weighted by molar-refractivity contribution is 0.00752. The highest BCUT2D eigenvalue weighted by molar-refractivity contribution is 14.0. The normalized spacial score (nSPS) is 16.1. The highest BCUT2D eigenvalue weighted by Gasteiger charge is 2.23. The predicted octanol–water partition coefficient (Wildman–Crippen LogP) is 2.39. The van der Waals surface area contributed by atoms with Crippen molar-refractivity contribution in [1.82, 2.24) is 15.5 Å². The number of ether oxygens (including phenoxy) is 3. The van der Waals surface area contributed by atoms with Crippen LogP contribution in [0.3, 0.4) is 0 Å². The fraction of sp³-hybridized carbons (Fsp3) is 0.667. The largest absolute Gasteiger partial charge is 0.497 e. The molecule has 0 spiro atoms. The van der Waals surface area contributed by atoms with Gasteiger partial charge in [-0.3, -0.25) is 9.89 Å². The van der Waals surface area contributed by atoms with Crippen LogP contribution in [-0.4, -0.2) is 77.6 Å². The minimum Gasteiger partial charge on any atom is -0.497 e. The smallest absolute Gasteiger partial charge is 0.191 e. The Morgan fingerprint density at radius 1 is 1.17 bits per heavy atom. The van der Waals surface area contributed by atoms with Gasteiger partial charge in [-0.1, -0.05) is 13.8 Å². The molecule has 8 heteroatoms. The topological polar surface area (TPSA) is 67.4 Å². The number of hydrogen-bond donors (Lipinski definition) is 2. The van der Waals surface area contributed by atoms with Gasteiger partial charge < -0.3 is 24.8 Å². The highest BCUT2D eigenvalue weighted by Crippen LogP contribution is 2.24. The summed E-state index contributed by atoms with van der Waals surface area (Å²) in [6.07, 6.45) is 0.818. The number of nitrogens with one attached hydrogen (secondary N) is 2. The summed E-state index contributed by atoms with van der Waals surface area (Å²) in [6, 6.07) is 6.33. The standard InChI is InChI=1S/C21H36N4O3.HI/c1-16(2)19(25-10-12-28-13-11-25)15-24-21(22-3)23-9-8-17-14-18(26-4)6-7-20(17)27-5;/h6-7,14,16,19H,8-13,15H2,1-5H3,(H2,22,23,24);1H. The van der Waals surface area contributed by atoms with Gasteiger partial charge in [0, 0.05) is 39.3 Å². The van der Waals surface area contributed by atoms with Crippen molar-refractivity contribution < 1.29 is 14.2 Å². The third kappa shape index (κ3) is 8.18. The lowest BCUT2D eigenvalue weighted by Gasteiger charge is -2.37. The molecule has 0 saturated carbocycles. The van der Waals surface area contributed by atoms with Crippen LogP contribution in [0.5, 0.6) is 11.5 Å². The Labute approximate surface area is 192 Å². The number of halogens is 1. The summed E-state index contributed by atoms with van der Waals surface area (Å²) in [5, 5.41) is 6.89. The third-order valence-corrected chi connectivity index (χ3v) is 5.16. The van der Waals surface area contributed by atoms with Crippen molar-refractivity contribution in [3.63, 3.8) is 0 Å². The van der Waals surface area contributed by atoms with E-state index in [0.717, 1.165) is 68.8 Å². The summed E-state index contributed by atoms with van der Waals surface area (Å²) >= 11 is 0. The zero-order chi connectivity index (χ0) is 20.4. The number of aliphatic imine (C=N–C) groups is 1. The minimum absolute atomic E-state index is 0. The Bertz CT molecular complexity index is 622. The van der Waals surface area contributed by atoms with Gasteiger partial charge in [0.25, 0.3) is 0 Å². The van der Waals surface area contributed by atoms with E-state index in [2.05, 4.69) is 34.4 Å². The van der Waals surface area contributed by atoms with Gasteiger partial charge in [-0.15, -0.1) is 24.0 Å². The van der Waals surface area contributed by atoms with Crippen LogP contribution in [-0.2, 0) is 11.2 Å². The molecule has 0 amide bonds. The van der Waals surface area contributed by atoms with E-state index in [1.807, 2.05) is 18.2 Å². The average Bonchev–Trinajstić information content (AvgIpc) is 2.73. The van der Waals surface area contributed by atoms with Gasteiger partial charge in [-0.2, -0.15) is 0 Å². The molecular formula is C21H37IN4O3. The van der Waals surface area contributed by atoms with Crippen LogP contribution in [0.2, 0.25) is 0 Å². The number of guanidine groups is 1. The number of morpholine rings is 1. The van der Waals surface area contributed by atoms with E-state index in [-0.39, 0.29) is 24.0 Å². The first-order valence-electron chi connectivity index (χ1n) is 10.1. The molecule has 1 saturated heterocycles. The summed E-state index contributed by atoms with van der Waals surface area (Å²) in [5.41, 5.74) is 1.11. The lowest BCUT2D eigenvalue weighted by Crippen LogP contribution is -2.52. The van der Waals surface area contributed by atoms with E-state index in [9.17, 15) is 0 Å². The Hall–Kier alpha value is -1.26. The second kappa shape index (κ2) is 13.9. The van der Waals surface area contributed by atoms with Crippen LogP contribution in [0.1, 0.15) is 19.4 Å². The quantitative estimate of drug-likeness (QED) is 0.296. The molecule has 2 N–H and O–H groups in total. The molecule has 1 aromatic carbocycles. The first-order chi connectivity index (χ1) is 13.6. The zero-order valence-electron chi connectivity index (χ0n) is 18.4. The van der Waals surface area contributed by atoms with Crippen molar-refractivity contribution in [2.45, 2.75) is 26.3 Å². The maximum atomic E-state index is 5.49. The van der Waals surface area contributed by atoms with Crippen LogP contribution in [0.15, 0.2) is 23.2 Å². The highest BCUT2D eigenvalue weighted by atomic mass is 127. The molecule has 1 aliphatic heterocycles. The minimum atomic E-state index is 0. The van der Waals surface area contributed by atoms with E-state index in [1.54, 1.807) is 21.3 Å². The molecule has 1 heterocycles. The van der Waals surface area contributed by atoms with E-state index >= 15 is 0 Å². The molecule has 0 radical (unpaired) electrons. The fourth-order valence-electron chi connectivity index (χ4n) is 3.51. The molecule has 2 rings (SSSR count). The van der Waals surface area contributed by atoms with Crippen molar-refractivity contribution in [3.8, 4) is 11.5 Å². The fourth-order valence-corrected chi connectivity index (χ4v) is 3.51. The van der Waals surface area contributed by atoms with Crippen molar-refractivity contribution in [1.29, 1.82) is 0 Å². The van der Waals surface area contributed by atoms with Crippen molar-refractivity contribution in [2.24, 2.45) is 10.9 Å². The van der Waals surface area contributed by atoms with Crippen molar-refractivity contribution in [3.05, 3.63) is 23.8 Å². The van der Waals surface area contributed by atoms with E-state index < -0.39 is 0 Å². The molecule has 1 aromatic rings. The van der Waals surface area contributed by atoms with Crippen molar-refractivity contribution >= 4 is 29.9 Å². The molecule has 1 unspecified atom stereocenters. The van der Waals surface area contributed by atoms with Crippen LogP contribution in [0.25, 0.3) is 0 Å². The summed E-state index contributed by atoms with van der Waals surface area (Å²) in [5.74, 6) is 3.09. The van der Waals surface area contributed by atoms with Gasteiger partial charge in [-0.05, 0) is 36.1 Å². The second-order valence-corrected chi connectivity index (χ2v) is 7.27. The predicted molar refractivity (Wildman–Crippen MR) is 129 cm³/mol. The Balaban J connectivity index is 0.00000420. The SMILES string of the molecule is CN=C(NCCc1cc(OC)ccc1OC)NCC(C(C)C)N1CCOCC1.I. The lowest BCUT2D eigenvalue weighted by atomic mass is 10.0. The van der Waals surface area contributed by atoms with Crippen molar-refractivity contribution in [2.75, 3.05) is 60.7 Å². The number of hydrogen-bond acceptors (Lipinski definition) is 5. The molecule has 1 fully saturated rings. The molecule has 0 aromatic heterocycles. The third-order valence-electron chi connectivity index (χ3n) is 5.16. The second-order valence-electron chi connectivity index (χ2n) is 7.27. The Morgan fingerprint density at radius 3 is 2.48 bits per heavy atom. The first-order valence-corrected chi connectivity index (χ1v) is 10.1. The average molecular weight is 520 g/mol. The molecular weight excluding hydrogens is 483 g/mol. The molecule has 0 bridgehead atoms. The number of nitrogens with zero attached hydrogens (tertiary/aromatic N) is 2. The van der Waals surface area contributed by atoms with Gasteiger partial charge in [0.2, 0.25) is 0 Å². The van der Waals surface area contributed by atoms with Gasteiger partial charge in [0.1, 0.15) is 11.5 Å². The zero-order valence-corrected chi connectivity index (χ0v) is 20.7. The Kier molecular flexibility index (Phi) is 12.3. The van der Waals surface area contributed by atoms with Crippen LogP contribution in [0.4, 0.5) is 0 Å². The molecule has 0 aliphatic carbocycles. The summed E-state index contributed by atoms with van der Waals surface area (Å²) < 4.78 is 16.3. The molecule has 1 atom stereocenters. The molecule has 166 valence electrons. The van der Waals surface area contributed by atoms with Gasteiger partial charge in [0.15, 0.2) is 5.96 Å². The van der Waals surface area contributed by atoms with Crippen LogP contribution < -0.4 is 20.1 Å². The van der Waals surface area contributed by atoms with E-state index in [1.165, 1.54) is 0 Å². The summed E-state index contributed by atoms with van der Waals surface area (Å²) in [6.45, 7) is 9.78. The van der Waals surface area contributed by atoms with E-state index in [0.29, 0.717) is 12.0 Å². The number of benzene rings is 1. The number of rotatable bonds is 9. The molecule has 7 nitrogen and oxygen atoms in total. The monoisotopic (exact) mass is 520 g/mol. The molecule has 29 heavy (non-hydrogen) atoms. The Morgan fingerprint density at radius 2 is 1.90 bits per heavy atom. The first kappa shape index (κ1) is 25.8. The van der Waals surface area contributed by atoms with Gasteiger partial charge in [0.05, 0.1) is 27.4 Å². The van der Waals surface area contributed by atoms with Gasteiger partial charge in [-0.25, -0.2) is 0 Å². The number of methoxy groups -OCH3 is 2.